The molecule has 0 unspecified atom stereocenters. The van der Waals surface area contributed by atoms with Crippen LogP contribution in [0.15, 0.2) is 97.6 Å². The highest BCUT2D eigenvalue weighted by Gasteiger charge is 2.14. The summed E-state index contributed by atoms with van der Waals surface area (Å²) in [6.07, 6.45) is 6.25. The predicted molar refractivity (Wildman–Crippen MR) is 122 cm³/mol. The van der Waals surface area contributed by atoms with Crippen molar-refractivity contribution in [2.75, 3.05) is 23.4 Å². The average molecular weight is 396 g/mol. The van der Waals surface area contributed by atoms with E-state index in [0.29, 0.717) is 0 Å². The van der Waals surface area contributed by atoms with Gasteiger partial charge in [-0.25, -0.2) is 9.97 Å². The molecule has 30 heavy (non-hydrogen) atoms. The van der Waals surface area contributed by atoms with Crippen molar-refractivity contribution in [3.8, 4) is 0 Å². The van der Waals surface area contributed by atoms with Gasteiger partial charge in [0, 0.05) is 44.3 Å². The number of aromatic nitrogens is 3. The van der Waals surface area contributed by atoms with Gasteiger partial charge in [0.2, 0.25) is 0 Å². The summed E-state index contributed by atoms with van der Waals surface area (Å²) < 4.78 is 0. The first-order valence-corrected chi connectivity index (χ1v) is 10.1. The van der Waals surface area contributed by atoms with E-state index in [9.17, 15) is 0 Å². The second-order valence-corrected chi connectivity index (χ2v) is 7.17. The minimum atomic E-state index is 0.738. The molecule has 0 spiro atoms. The van der Waals surface area contributed by atoms with Crippen molar-refractivity contribution in [3.05, 3.63) is 109 Å². The van der Waals surface area contributed by atoms with Gasteiger partial charge in [0.1, 0.15) is 18.0 Å². The third-order valence-corrected chi connectivity index (χ3v) is 5.04. The third-order valence-electron chi connectivity index (χ3n) is 5.04. The maximum absolute atomic E-state index is 4.59. The van der Waals surface area contributed by atoms with Gasteiger partial charge in [0.15, 0.2) is 0 Å². The molecule has 0 aliphatic rings. The molecule has 4 rings (SSSR count). The summed E-state index contributed by atoms with van der Waals surface area (Å²) in [4.78, 5) is 17.6. The Labute approximate surface area is 177 Å². The molecule has 4 aromatic rings. The van der Waals surface area contributed by atoms with Crippen LogP contribution in [-0.4, -0.2) is 28.5 Å². The van der Waals surface area contributed by atoms with Crippen LogP contribution >= 0.6 is 0 Å². The lowest BCUT2D eigenvalue weighted by Crippen LogP contribution is -2.23. The zero-order chi connectivity index (χ0) is 20.6. The lowest BCUT2D eigenvalue weighted by atomic mass is 10.2. The molecule has 150 valence electrons. The summed E-state index contributed by atoms with van der Waals surface area (Å²) in [6, 6.07) is 27.0. The molecule has 0 N–H and O–H groups in total. The van der Waals surface area contributed by atoms with Gasteiger partial charge in [-0.3, -0.25) is 4.98 Å². The zero-order valence-corrected chi connectivity index (χ0v) is 17.1. The molecule has 5 heteroatoms. The van der Waals surface area contributed by atoms with Gasteiger partial charge >= 0.3 is 0 Å². The summed E-state index contributed by atoms with van der Waals surface area (Å²) in [5.74, 6) is 1.79. The fourth-order valence-corrected chi connectivity index (χ4v) is 3.33. The molecular formula is C25H25N5. The van der Waals surface area contributed by atoms with E-state index in [0.717, 1.165) is 36.8 Å². The van der Waals surface area contributed by atoms with Gasteiger partial charge in [-0.2, -0.15) is 0 Å². The van der Waals surface area contributed by atoms with Gasteiger partial charge in [-0.15, -0.1) is 0 Å². The topological polar surface area (TPSA) is 45.2 Å². The van der Waals surface area contributed by atoms with Crippen molar-refractivity contribution in [1.82, 2.24) is 15.0 Å². The van der Waals surface area contributed by atoms with Gasteiger partial charge < -0.3 is 9.80 Å². The molecule has 2 heterocycles. The molecule has 0 bridgehead atoms. The van der Waals surface area contributed by atoms with E-state index >= 15 is 0 Å². The Bertz CT molecular complexity index is 1040. The number of likely N-dealkylation sites (N-methyl/N-ethyl adjacent to an activating group) is 1. The van der Waals surface area contributed by atoms with Gasteiger partial charge in [-0.1, -0.05) is 48.5 Å². The quantitative estimate of drug-likeness (QED) is 0.425. The third kappa shape index (κ3) is 5.00. The Balaban J connectivity index is 1.57. The van der Waals surface area contributed by atoms with E-state index in [1.165, 1.54) is 11.1 Å². The molecule has 0 aliphatic carbocycles. The van der Waals surface area contributed by atoms with E-state index in [1.54, 1.807) is 6.33 Å². The number of hydrogen-bond acceptors (Lipinski definition) is 5. The summed E-state index contributed by atoms with van der Waals surface area (Å²) in [5, 5.41) is 0. The number of benzene rings is 2. The molecule has 5 nitrogen and oxygen atoms in total. The first-order chi connectivity index (χ1) is 14.8. The van der Waals surface area contributed by atoms with Crippen molar-refractivity contribution in [2.45, 2.75) is 13.0 Å². The van der Waals surface area contributed by atoms with Crippen LogP contribution < -0.4 is 9.80 Å². The van der Waals surface area contributed by atoms with E-state index in [-0.39, 0.29) is 0 Å². The van der Waals surface area contributed by atoms with E-state index in [2.05, 4.69) is 98.5 Å². The number of pyridine rings is 1. The van der Waals surface area contributed by atoms with Crippen LogP contribution in [0.5, 0.6) is 0 Å². The van der Waals surface area contributed by atoms with Crippen LogP contribution in [0.3, 0.4) is 0 Å². The Morgan fingerprint density at radius 2 is 1.40 bits per heavy atom. The molecule has 2 aromatic heterocycles. The van der Waals surface area contributed by atoms with Crippen molar-refractivity contribution in [1.29, 1.82) is 0 Å². The second kappa shape index (κ2) is 9.65. The van der Waals surface area contributed by atoms with Crippen molar-refractivity contribution >= 4 is 17.3 Å². The molecule has 0 saturated carbocycles. The number of nitrogens with zero attached hydrogens (tertiary/aromatic N) is 5. The summed E-state index contributed by atoms with van der Waals surface area (Å²) in [5.41, 5.74) is 3.60. The highest BCUT2D eigenvalue weighted by Crippen LogP contribution is 2.27. The average Bonchev–Trinajstić information content (AvgIpc) is 2.83. The number of para-hydroxylation sites is 1. The van der Waals surface area contributed by atoms with Gasteiger partial charge in [0.05, 0.1) is 0 Å². The molecular weight excluding hydrogens is 370 g/mol. The maximum atomic E-state index is 4.59. The number of anilines is 3. The van der Waals surface area contributed by atoms with Gasteiger partial charge in [-0.05, 0) is 41.8 Å². The highest BCUT2D eigenvalue weighted by atomic mass is 15.2. The Hall–Kier alpha value is -3.73. The molecule has 0 atom stereocenters. The SMILES string of the molecule is CN(CCc1ccncc1)c1cc(N(Cc2ccccc2)c2ccccc2)ncn1. The Morgan fingerprint density at radius 1 is 0.733 bits per heavy atom. The van der Waals surface area contributed by atoms with Crippen LogP contribution in [-0.2, 0) is 13.0 Å². The predicted octanol–water partition coefficient (Wildman–Crippen LogP) is 4.89. The van der Waals surface area contributed by atoms with Crippen molar-refractivity contribution < 1.29 is 0 Å². The molecule has 0 radical (unpaired) electrons. The van der Waals surface area contributed by atoms with Crippen LogP contribution in [0.1, 0.15) is 11.1 Å². The maximum Gasteiger partial charge on any atom is 0.138 e. The van der Waals surface area contributed by atoms with Gasteiger partial charge in [0.25, 0.3) is 0 Å². The molecule has 0 amide bonds. The molecule has 0 fully saturated rings. The Morgan fingerprint density at radius 3 is 2.13 bits per heavy atom. The lowest BCUT2D eigenvalue weighted by molar-refractivity contribution is 0.849. The van der Waals surface area contributed by atoms with E-state index in [4.69, 9.17) is 0 Å². The van der Waals surface area contributed by atoms with E-state index in [1.807, 2.05) is 24.5 Å². The smallest absolute Gasteiger partial charge is 0.138 e. The summed E-state index contributed by atoms with van der Waals surface area (Å²) in [7, 11) is 2.07. The summed E-state index contributed by atoms with van der Waals surface area (Å²) >= 11 is 0. The minimum Gasteiger partial charge on any atom is -0.359 e. The highest BCUT2D eigenvalue weighted by molar-refractivity contribution is 5.62. The standard InChI is InChI=1S/C25H25N5/c1-29(17-14-21-12-15-26-16-13-21)24-18-25(28-20-27-24)30(23-10-6-3-7-11-23)19-22-8-4-2-5-9-22/h2-13,15-16,18,20H,14,17,19H2,1H3. The first-order valence-electron chi connectivity index (χ1n) is 10.1. The first kappa shape index (κ1) is 19.6. The summed E-state index contributed by atoms with van der Waals surface area (Å²) in [6.45, 7) is 1.60. The fourth-order valence-electron chi connectivity index (χ4n) is 3.33. The number of hydrogen-bond donors (Lipinski definition) is 0. The molecule has 0 aliphatic heterocycles. The largest absolute Gasteiger partial charge is 0.359 e. The normalized spacial score (nSPS) is 10.6. The Kier molecular flexibility index (Phi) is 6.30. The minimum absolute atomic E-state index is 0.738. The number of rotatable bonds is 8. The molecule has 0 saturated heterocycles. The van der Waals surface area contributed by atoms with Crippen LogP contribution in [0.4, 0.5) is 17.3 Å². The monoisotopic (exact) mass is 395 g/mol. The van der Waals surface area contributed by atoms with Crippen LogP contribution in [0, 0.1) is 0 Å². The second-order valence-electron chi connectivity index (χ2n) is 7.17. The molecule has 2 aromatic carbocycles. The van der Waals surface area contributed by atoms with E-state index < -0.39 is 0 Å². The van der Waals surface area contributed by atoms with Crippen molar-refractivity contribution in [3.63, 3.8) is 0 Å². The van der Waals surface area contributed by atoms with Crippen molar-refractivity contribution in [2.24, 2.45) is 0 Å². The fraction of sp³-hybridized carbons (Fsp3) is 0.160. The zero-order valence-electron chi connectivity index (χ0n) is 17.1. The lowest BCUT2D eigenvalue weighted by Gasteiger charge is -2.25. The van der Waals surface area contributed by atoms with Crippen LogP contribution in [0.25, 0.3) is 0 Å². The van der Waals surface area contributed by atoms with Crippen LogP contribution in [0.2, 0.25) is 0 Å².